The van der Waals surface area contributed by atoms with Gasteiger partial charge in [0.1, 0.15) is 5.75 Å². The molecule has 9 heteroatoms. The van der Waals surface area contributed by atoms with Crippen LogP contribution < -0.4 is 4.74 Å². The van der Waals surface area contributed by atoms with Gasteiger partial charge in [-0.3, -0.25) is 4.79 Å². The number of ether oxygens (including phenoxy) is 1. The molecule has 0 saturated carbocycles. The third kappa shape index (κ3) is 2.12. The highest BCUT2D eigenvalue weighted by molar-refractivity contribution is 6.31. The van der Waals surface area contributed by atoms with E-state index in [9.17, 15) is 31.9 Å². The Morgan fingerprint density at radius 1 is 1.25 bits per heavy atom. The second-order valence-corrected chi connectivity index (χ2v) is 4.64. The summed E-state index contributed by atoms with van der Waals surface area (Å²) in [5.74, 6) is -11.3. The highest BCUT2D eigenvalue weighted by atomic mass is 35.5. The zero-order valence-corrected chi connectivity index (χ0v) is 10.2. The molecule has 1 aliphatic heterocycles. The maximum atomic E-state index is 13.3. The summed E-state index contributed by atoms with van der Waals surface area (Å²) in [6.45, 7) is 0. The molecule has 1 aromatic rings. The first-order valence-electron chi connectivity index (χ1n) is 5.17. The van der Waals surface area contributed by atoms with E-state index in [4.69, 9.17) is 11.6 Å². The number of aliphatic hydroxyl groups is 1. The fourth-order valence-electron chi connectivity index (χ4n) is 1.74. The molecule has 110 valence electrons. The van der Waals surface area contributed by atoms with Gasteiger partial charge in [0, 0.05) is 5.02 Å². The molecule has 1 atom stereocenters. The Morgan fingerprint density at radius 2 is 1.85 bits per heavy atom. The van der Waals surface area contributed by atoms with Crippen molar-refractivity contribution in [3.63, 3.8) is 0 Å². The second-order valence-electron chi connectivity index (χ2n) is 4.20. The lowest BCUT2D eigenvalue weighted by atomic mass is 9.94. The molecule has 1 aliphatic rings. The summed E-state index contributed by atoms with van der Waals surface area (Å²) in [6.07, 6.45) is -7.60. The Bertz CT molecular complexity index is 572. The molecular weight excluding hydrogens is 311 g/mol. The van der Waals surface area contributed by atoms with Gasteiger partial charge in [0.25, 0.3) is 5.79 Å². The van der Waals surface area contributed by atoms with Crippen molar-refractivity contribution < 1.29 is 36.6 Å². The number of carbonyl (C=O) groups is 1. The first-order valence-corrected chi connectivity index (χ1v) is 5.54. The summed E-state index contributed by atoms with van der Waals surface area (Å²) in [6, 6.07) is 3.13. The normalized spacial score (nSPS) is 23.2. The summed E-state index contributed by atoms with van der Waals surface area (Å²) in [5.41, 5.74) is -0.264. The number of fused-ring (bicyclic) bond motifs is 1. The van der Waals surface area contributed by atoms with Gasteiger partial charge in [-0.05, 0) is 18.2 Å². The lowest BCUT2D eigenvalue weighted by molar-refractivity contribution is -0.384. The molecular formula is C11H6ClF5O3. The maximum absolute atomic E-state index is 13.3. The standard InChI is InChI=1S/C11H6ClF5O3/c12-5-1-2-8-6(3-5)7(18)4-9(19,20-8)10(13,14)11(15,16)17/h1-3,19H,4H2/t9-/m0/s1. The van der Waals surface area contributed by atoms with Crippen molar-refractivity contribution in [1.29, 1.82) is 0 Å². The van der Waals surface area contributed by atoms with E-state index in [1.165, 1.54) is 0 Å². The van der Waals surface area contributed by atoms with Gasteiger partial charge in [0.05, 0.1) is 12.0 Å². The zero-order valence-electron chi connectivity index (χ0n) is 9.47. The molecule has 0 spiro atoms. The summed E-state index contributed by atoms with van der Waals surface area (Å²) in [5, 5.41) is 9.55. The number of benzene rings is 1. The van der Waals surface area contributed by atoms with Gasteiger partial charge < -0.3 is 9.84 Å². The zero-order chi connectivity index (χ0) is 15.3. The van der Waals surface area contributed by atoms with Gasteiger partial charge in [-0.1, -0.05) is 11.6 Å². The first kappa shape index (κ1) is 15.0. The van der Waals surface area contributed by atoms with Crippen molar-refractivity contribution in [2.45, 2.75) is 24.3 Å². The van der Waals surface area contributed by atoms with Gasteiger partial charge >= 0.3 is 12.1 Å². The fraction of sp³-hybridized carbons (Fsp3) is 0.364. The van der Waals surface area contributed by atoms with Crippen LogP contribution >= 0.6 is 11.6 Å². The van der Waals surface area contributed by atoms with Crippen LogP contribution in [0.5, 0.6) is 5.75 Å². The molecule has 0 aliphatic carbocycles. The number of ketones is 1. The largest absolute Gasteiger partial charge is 0.460 e. The minimum Gasteiger partial charge on any atom is -0.454 e. The predicted molar refractivity (Wildman–Crippen MR) is 57.0 cm³/mol. The molecule has 0 amide bonds. The highest BCUT2D eigenvalue weighted by Crippen LogP contribution is 2.48. The van der Waals surface area contributed by atoms with Crippen molar-refractivity contribution in [3.05, 3.63) is 28.8 Å². The van der Waals surface area contributed by atoms with E-state index in [1.807, 2.05) is 0 Å². The molecule has 20 heavy (non-hydrogen) atoms. The number of alkyl halides is 5. The molecule has 2 rings (SSSR count). The summed E-state index contributed by atoms with van der Waals surface area (Å²) in [4.78, 5) is 11.6. The number of hydrogen-bond donors (Lipinski definition) is 1. The lowest BCUT2D eigenvalue weighted by Gasteiger charge is -2.38. The topological polar surface area (TPSA) is 46.5 Å². The molecule has 1 N–H and O–H groups in total. The van der Waals surface area contributed by atoms with Gasteiger partial charge in [-0.25, -0.2) is 0 Å². The van der Waals surface area contributed by atoms with Crippen molar-refractivity contribution >= 4 is 17.4 Å². The van der Waals surface area contributed by atoms with Crippen LogP contribution in [0.3, 0.4) is 0 Å². The van der Waals surface area contributed by atoms with Crippen molar-refractivity contribution in [1.82, 2.24) is 0 Å². The minimum absolute atomic E-state index is 0.0775. The highest BCUT2D eigenvalue weighted by Gasteiger charge is 2.73. The van der Waals surface area contributed by atoms with E-state index >= 15 is 0 Å². The second kappa shape index (κ2) is 4.29. The Labute approximate surface area is 113 Å². The monoisotopic (exact) mass is 316 g/mol. The molecule has 0 aromatic heterocycles. The van der Waals surface area contributed by atoms with E-state index in [0.29, 0.717) is 0 Å². The molecule has 1 aromatic carbocycles. The van der Waals surface area contributed by atoms with E-state index < -0.39 is 35.8 Å². The quantitative estimate of drug-likeness (QED) is 0.809. The van der Waals surface area contributed by atoms with Crippen LogP contribution in [0.4, 0.5) is 22.0 Å². The molecule has 0 saturated heterocycles. The van der Waals surface area contributed by atoms with Crippen LogP contribution in [0.2, 0.25) is 5.02 Å². The fourth-order valence-corrected chi connectivity index (χ4v) is 1.91. The van der Waals surface area contributed by atoms with Crippen LogP contribution in [0.1, 0.15) is 16.8 Å². The predicted octanol–water partition coefficient (Wildman–Crippen LogP) is 3.19. The van der Waals surface area contributed by atoms with Crippen LogP contribution in [-0.4, -0.2) is 28.8 Å². The number of Topliss-reactive ketones (excluding diaryl/α,β-unsaturated/α-hetero) is 1. The molecule has 0 unspecified atom stereocenters. The van der Waals surface area contributed by atoms with Gasteiger partial charge in [0.2, 0.25) is 0 Å². The van der Waals surface area contributed by atoms with Gasteiger partial charge in [-0.2, -0.15) is 22.0 Å². The third-order valence-corrected chi connectivity index (χ3v) is 3.00. The van der Waals surface area contributed by atoms with Crippen molar-refractivity contribution in [2.24, 2.45) is 0 Å². The molecule has 0 radical (unpaired) electrons. The number of halogens is 6. The van der Waals surface area contributed by atoms with Crippen molar-refractivity contribution in [3.8, 4) is 5.75 Å². The minimum atomic E-state index is -6.06. The lowest BCUT2D eigenvalue weighted by Crippen LogP contribution is -2.62. The van der Waals surface area contributed by atoms with E-state index in [1.54, 1.807) is 0 Å². The summed E-state index contributed by atoms with van der Waals surface area (Å²) < 4.78 is 67.8. The molecule has 1 heterocycles. The maximum Gasteiger partial charge on any atom is 0.460 e. The van der Waals surface area contributed by atoms with Crippen LogP contribution in [0.25, 0.3) is 0 Å². The van der Waals surface area contributed by atoms with Crippen molar-refractivity contribution in [2.75, 3.05) is 0 Å². The van der Waals surface area contributed by atoms with Gasteiger partial charge in [0.15, 0.2) is 5.78 Å². The Hall–Kier alpha value is -1.41. The Balaban J connectivity index is 2.49. The number of rotatable bonds is 1. The average molecular weight is 317 g/mol. The SMILES string of the molecule is O=C1C[C@@](O)(C(F)(F)C(F)(F)F)Oc2ccc(Cl)cc21. The Morgan fingerprint density at radius 3 is 2.40 bits per heavy atom. The van der Waals surface area contributed by atoms with Crippen LogP contribution in [0.15, 0.2) is 18.2 Å². The van der Waals surface area contributed by atoms with E-state index in [-0.39, 0.29) is 10.6 Å². The first-order chi connectivity index (χ1) is 8.98. The van der Waals surface area contributed by atoms with Crippen LogP contribution in [0, 0.1) is 0 Å². The molecule has 0 fully saturated rings. The van der Waals surface area contributed by atoms with E-state index in [2.05, 4.69) is 4.74 Å². The van der Waals surface area contributed by atoms with Gasteiger partial charge in [-0.15, -0.1) is 0 Å². The van der Waals surface area contributed by atoms with E-state index in [0.717, 1.165) is 18.2 Å². The Kier molecular flexibility index (Phi) is 3.22. The smallest absolute Gasteiger partial charge is 0.454 e. The number of carbonyl (C=O) groups excluding carboxylic acids is 1. The summed E-state index contributed by atoms with van der Waals surface area (Å²) >= 11 is 5.58. The third-order valence-electron chi connectivity index (χ3n) is 2.77. The number of hydrogen-bond acceptors (Lipinski definition) is 3. The molecule has 3 nitrogen and oxygen atoms in total. The molecule has 0 bridgehead atoms. The summed E-state index contributed by atoms with van der Waals surface area (Å²) in [7, 11) is 0. The van der Waals surface area contributed by atoms with Crippen LogP contribution in [-0.2, 0) is 0 Å². The average Bonchev–Trinajstić information content (AvgIpc) is 2.28.